The number of thioether (sulfide) groups is 1. The Balaban J connectivity index is 1.84. The van der Waals surface area contributed by atoms with Gasteiger partial charge in [-0.3, -0.25) is 4.79 Å². The lowest BCUT2D eigenvalue weighted by Gasteiger charge is -2.14. The van der Waals surface area contributed by atoms with Gasteiger partial charge in [0, 0.05) is 29.4 Å². The predicted molar refractivity (Wildman–Crippen MR) is 90.7 cm³/mol. The van der Waals surface area contributed by atoms with E-state index in [-0.39, 0.29) is 11.6 Å². The number of hydrogen-bond acceptors (Lipinski definition) is 4. The van der Waals surface area contributed by atoms with Crippen molar-refractivity contribution in [3.63, 3.8) is 0 Å². The molecule has 2 aromatic carbocycles. The number of anilines is 1. The van der Waals surface area contributed by atoms with Crippen molar-refractivity contribution in [1.82, 2.24) is 0 Å². The SMILES string of the molecule is CCOc1ccc2c(c1)C(=O)/C(=C/N(C)c1ccc(F)cc1)S2. The van der Waals surface area contributed by atoms with E-state index in [2.05, 4.69) is 0 Å². The van der Waals surface area contributed by atoms with Crippen LogP contribution in [0.3, 0.4) is 0 Å². The maximum atomic E-state index is 13.0. The normalized spacial score (nSPS) is 14.9. The topological polar surface area (TPSA) is 29.5 Å². The zero-order valence-electron chi connectivity index (χ0n) is 12.9. The molecule has 0 saturated carbocycles. The van der Waals surface area contributed by atoms with Crippen molar-refractivity contribution >= 4 is 23.2 Å². The first-order chi connectivity index (χ1) is 11.1. The van der Waals surface area contributed by atoms with Gasteiger partial charge in [0.25, 0.3) is 0 Å². The lowest BCUT2D eigenvalue weighted by atomic mass is 10.1. The van der Waals surface area contributed by atoms with Gasteiger partial charge in [0.05, 0.1) is 11.5 Å². The minimum Gasteiger partial charge on any atom is -0.494 e. The number of ketones is 1. The molecule has 0 bridgehead atoms. The molecule has 0 radical (unpaired) electrons. The van der Waals surface area contributed by atoms with Gasteiger partial charge < -0.3 is 9.64 Å². The third-order valence-corrected chi connectivity index (χ3v) is 4.58. The second kappa shape index (κ2) is 6.46. The van der Waals surface area contributed by atoms with Crippen molar-refractivity contribution in [2.24, 2.45) is 0 Å². The molecule has 0 N–H and O–H groups in total. The third kappa shape index (κ3) is 3.24. The molecule has 23 heavy (non-hydrogen) atoms. The molecule has 0 amide bonds. The van der Waals surface area contributed by atoms with Crippen molar-refractivity contribution in [2.75, 3.05) is 18.6 Å². The number of allylic oxidation sites excluding steroid dienone is 1. The second-order valence-corrected chi connectivity index (χ2v) is 6.19. The highest BCUT2D eigenvalue weighted by molar-refractivity contribution is 8.04. The van der Waals surface area contributed by atoms with Crippen LogP contribution in [0.15, 0.2) is 58.5 Å². The molecule has 0 aliphatic carbocycles. The van der Waals surface area contributed by atoms with Crippen LogP contribution in [0.25, 0.3) is 0 Å². The number of carbonyl (C=O) groups excluding carboxylic acids is 1. The Hall–Kier alpha value is -2.27. The van der Waals surface area contributed by atoms with E-state index in [0.29, 0.717) is 22.8 Å². The number of ether oxygens (including phenoxy) is 1. The second-order valence-electron chi connectivity index (χ2n) is 5.10. The highest BCUT2D eigenvalue weighted by atomic mass is 32.2. The Morgan fingerprint density at radius 3 is 2.65 bits per heavy atom. The van der Waals surface area contributed by atoms with Crippen molar-refractivity contribution in [2.45, 2.75) is 11.8 Å². The molecule has 0 saturated heterocycles. The number of fused-ring (bicyclic) bond motifs is 1. The monoisotopic (exact) mass is 329 g/mol. The molecule has 1 aliphatic heterocycles. The highest BCUT2D eigenvalue weighted by Crippen LogP contribution is 2.41. The molecule has 0 spiro atoms. The molecule has 118 valence electrons. The maximum absolute atomic E-state index is 13.0. The molecule has 3 nitrogen and oxygen atoms in total. The van der Waals surface area contributed by atoms with E-state index in [9.17, 15) is 9.18 Å². The molecule has 2 aromatic rings. The zero-order chi connectivity index (χ0) is 16.4. The van der Waals surface area contributed by atoms with E-state index in [0.717, 1.165) is 10.6 Å². The third-order valence-electron chi connectivity index (χ3n) is 3.50. The van der Waals surface area contributed by atoms with Gasteiger partial charge in [0.2, 0.25) is 5.78 Å². The van der Waals surface area contributed by atoms with Crippen molar-refractivity contribution < 1.29 is 13.9 Å². The number of hydrogen-bond donors (Lipinski definition) is 0. The minimum atomic E-state index is -0.281. The average Bonchev–Trinajstić information content (AvgIpc) is 2.84. The maximum Gasteiger partial charge on any atom is 0.202 e. The number of Topliss-reactive ketones (excluding diaryl/α,β-unsaturated/α-hetero) is 1. The van der Waals surface area contributed by atoms with Crippen LogP contribution in [0, 0.1) is 5.82 Å². The van der Waals surface area contributed by atoms with Crippen LogP contribution in [-0.2, 0) is 0 Å². The van der Waals surface area contributed by atoms with E-state index in [1.807, 2.05) is 31.0 Å². The van der Waals surface area contributed by atoms with Crippen LogP contribution in [-0.4, -0.2) is 19.4 Å². The van der Waals surface area contributed by atoms with Gasteiger partial charge in [-0.25, -0.2) is 4.39 Å². The summed E-state index contributed by atoms with van der Waals surface area (Å²) in [4.78, 5) is 15.9. The highest BCUT2D eigenvalue weighted by Gasteiger charge is 2.27. The molecular formula is C18H16FNO2S. The van der Waals surface area contributed by atoms with Crippen LogP contribution in [0.1, 0.15) is 17.3 Å². The number of nitrogens with zero attached hydrogens (tertiary/aromatic N) is 1. The minimum absolute atomic E-state index is 0.0134. The van der Waals surface area contributed by atoms with Crippen LogP contribution < -0.4 is 9.64 Å². The quantitative estimate of drug-likeness (QED) is 0.773. The fourth-order valence-corrected chi connectivity index (χ4v) is 3.39. The van der Waals surface area contributed by atoms with E-state index in [1.54, 1.807) is 24.4 Å². The molecule has 5 heteroatoms. The molecule has 1 aliphatic rings. The summed E-state index contributed by atoms with van der Waals surface area (Å²) in [5.74, 6) is 0.408. The number of halogens is 1. The fraction of sp³-hybridized carbons (Fsp3) is 0.167. The number of rotatable bonds is 4. The standard InChI is InChI=1S/C18H16FNO2S/c1-3-22-14-8-9-16-15(10-14)18(21)17(23-16)11-20(2)13-6-4-12(19)5-7-13/h4-11H,3H2,1-2H3/b17-11-. The molecule has 3 rings (SSSR count). The lowest BCUT2D eigenvalue weighted by Crippen LogP contribution is -2.10. The van der Waals surface area contributed by atoms with E-state index in [4.69, 9.17) is 4.74 Å². The molecule has 1 heterocycles. The predicted octanol–water partition coefficient (Wildman–Crippen LogP) is 4.49. The van der Waals surface area contributed by atoms with Crippen molar-refractivity contribution in [1.29, 1.82) is 0 Å². The van der Waals surface area contributed by atoms with Gasteiger partial charge in [-0.15, -0.1) is 0 Å². The summed E-state index contributed by atoms with van der Waals surface area (Å²) >= 11 is 1.44. The van der Waals surface area contributed by atoms with Crippen molar-refractivity contribution in [3.05, 3.63) is 65.0 Å². The Kier molecular flexibility index (Phi) is 4.39. The van der Waals surface area contributed by atoms with E-state index in [1.165, 1.54) is 23.9 Å². The fourth-order valence-electron chi connectivity index (χ4n) is 2.34. The molecular weight excluding hydrogens is 313 g/mol. The molecule has 0 unspecified atom stereocenters. The smallest absolute Gasteiger partial charge is 0.202 e. The lowest BCUT2D eigenvalue weighted by molar-refractivity contribution is 0.104. The summed E-state index contributed by atoms with van der Waals surface area (Å²) in [7, 11) is 1.84. The Bertz CT molecular complexity index is 771. The number of benzene rings is 2. The Morgan fingerprint density at radius 1 is 1.22 bits per heavy atom. The van der Waals surface area contributed by atoms with Crippen molar-refractivity contribution in [3.8, 4) is 5.75 Å². The van der Waals surface area contributed by atoms with Gasteiger partial charge in [0.15, 0.2) is 0 Å². The first kappa shape index (κ1) is 15.6. The summed E-state index contributed by atoms with van der Waals surface area (Å²) in [6.45, 7) is 2.48. The summed E-state index contributed by atoms with van der Waals surface area (Å²) < 4.78 is 18.4. The van der Waals surface area contributed by atoms with Crippen LogP contribution in [0.5, 0.6) is 5.75 Å². The van der Waals surface area contributed by atoms with Gasteiger partial charge >= 0.3 is 0 Å². The largest absolute Gasteiger partial charge is 0.494 e. The summed E-state index contributed by atoms with van der Waals surface area (Å²) in [6.07, 6.45) is 1.78. The van der Waals surface area contributed by atoms with Gasteiger partial charge in [-0.05, 0) is 49.4 Å². The molecule has 0 atom stereocenters. The summed E-state index contributed by atoms with van der Waals surface area (Å²) in [5.41, 5.74) is 1.48. The summed E-state index contributed by atoms with van der Waals surface area (Å²) in [5, 5.41) is 0. The molecule has 0 fully saturated rings. The summed E-state index contributed by atoms with van der Waals surface area (Å²) in [6, 6.07) is 11.7. The Labute approximate surface area is 138 Å². The zero-order valence-corrected chi connectivity index (χ0v) is 13.7. The van der Waals surface area contributed by atoms with E-state index < -0.39 is 0 Å². The Morgan fingerprint density at radius 2 is 1.96 bits per heavy atom. The van der Waals surface area contributed by atoms with Crippen LogP contribution in [0.2, 0.25) is 0 Å². The average molecular weight is 329 g/mol. The van der Waals surface area contributed by atoms with Crippen LogP contribution >= 0.6 is 11.8 Å². The van der Waals surface area contributed by atoms with Gasteiger partial charge in [-0.1, -0.05) is 11.8 Å². The van der Waals surface area contributed by atoms with E-state index >= 15 is 0 Å². The van der Waals surface area contributed by atoms with Crippen LogP contribution in [0.4, 0.5) is 10.1 Å². The first-order valence-corrected chi connectivity index (χ1v) is 8.09. The van der Waals surface area contributed by atoms with Gasteiger partial charge in [-0.2, -0.15) is 0 Å². The van der Waals surface area contributed by atoms with Gasteiger partial charge in [0.1, 0.15) is 11.6 Å². The first-order valence-electron chi connectivity index (χ1n) is 7.28. The number of carbonyl (C=O) groups is 1. The molecule has 0 aromatic heterocycles.